The summed E-state index contributed by atoms with van der Waals surface area (Å²) >= 11 is 0. The number of hydrogen-bond acceptors (Lipinski definition) is 2. The fourth-order valence-corrected chi connectivity index (χ4v) is 2.48. The largest absolute Gasteiger partial charge is 0.263 e. The number of unbranched alkanes of at least 4 members (excludes halogenated alkanes) is 2. The van der Waals surface area contributed by atoms with Crippen molar-refractivity contribution in [3.05, 3.63) is 58.9 Å². The molecule has 2 aliphatic rings. The maximum Gasteiger partial charge on any atom is 0.0797 e. The van der Waals surface area contributed by atoms with E-state index in [9.17, 15) is 0 Å². The summed E-state index contributed by atoms with van der Waals surface area (Å²) < 4.78 is 0. The van der Waals surface area contributed by atoms with Crippen LogP contribution >= 0.6 is 0 Å². The van der Waals surface area contributed by atoms with Gasteiger partial charge in [0.2, 0.25) is 0 Å². The Balaban J connectivity index is 1.70. The van der Waals surface area contributed by atoms with Gasteiger partial charge < -0.3 is 0 Å². The van der Waals surface area contributed by atoms with E-state index in [0.717, 1.165) is 16.9 Å². The second-order valence-electron chi connectivity index (χ2n) is 5.04. The van der Waals surface area contributed by atoms with Crippen LogP contribution < -0.4 is 0 Å². The van der Waals surface area contributed by atoms with Crippen LogP contribution in [0.15, 0.2) is 57.8 Å². The van der Waals surface area contributed by atoms with Crippen molar-refractivity contribution < 1.29 is 0 Å². The third kappa shape index (κ3) is 2.43. The van der Waals surface area contributed by atoms with Gasteiger partial charge in [0.15, 0.2) is 0 Å². The van der Waals surface area contributed by atoms with Gasteiger partial charge in [0, 0.05) is 35.3 Å². The molecule has 0 fully saturated rings. The van der Waals surface area contributed by atoms with E-state index < -0.39 is 0 Å². The van der Waals surface area contributed by atoms with E-state index in [4.69, 9.17) is 0 Å². The van der Waals surface area contributed by atoms with Gasteiger partial charge in [-0.05, 0) is 18.4 Å². The number of aryl methyl sites for hydroxylation is 1. The number of rotatable bonds is 5. The summed E-state index contributed by atoms with van der Waals surface area (Å²) in [6.07, 6.45) is 10.7. The highest BCUT2D eigenvalue weighted by Gasteiger charge is 2.20. The summed E-state index contributed by atoms with van der Waals surface area (Å²) in [7, 11) is 0. The van der Waals surface area contributed by atoms with E-state index in [1.165, 1.54) is 36.8 Å². The molecule has 0 bridgehead atoms. The van der Waals surface area contributed by atoms with Crippen molar-refractivity contribution in [1.29, 1.82) is 0 Å². The number of hydrogen-bond donors (Lipinski definition) is 0. The van der Waals surface area contributed by atoms with Gasteiger partial charge in [-0.2, -0.15) is 0 Å². The Kier molecular flexibility index (Phi) is 3.41. The minimum Gasteiger partial charge on any atom is -0.263 e. The van der Waals surface area contributed by atoms with Crippen LogP contribution in [0.1, 0.15) is 37.3 Å². The topological polar surface area (TPSA) is 24.7 Å². The van der Waals surface area contributed by atoms with Crippen LogP contribution in [0.25, 0.3) is 0 Å². The van der Waals surface area contributed by atoms with E-state index in [0.29, 0.717) is 0 Å². The summed E-state index contributed by atoms with van der Waals surface area (Å²) in [5.41, 5.74) is 5.93. The molecule has 3 rings (SSSR count). The molecule has 1 aromatic carbocycles. The molecule has 2 nitrogen and oxygen atoms in total. The van der Waals surface area contributed by atoms with Gasteiger partial charge >= 0.3 is 0 Å². The predicted octanol–water partition coefficient (Wildman–Crippen LogP) is 4.07. The maximum absolute atomic E-state index is 4.49. The standard InChI is InChI=1S/C17H18N2/c1-2-3-4-5-13-6-8-14(9-7-13)17-16-12-18-10-15(16)11-19-17/h6-12H,2-5H2,1H3. The summed E-state index contributed by atoms with van der Waals surface area (Å²) in [6.45, 7) is 2.24. The van der Waals surface area contributed by atoms with Crippen LogP contribution in [0.5, 0.6) is 0 Å². The summed E-state index contributed by atoms with van der Waals surface area (Å²) in [6, 6.07) is 8.80. The number of allylic oxidation sites excluding steroid dienone is 2. The fraction of sp³-hybridized carbons (Fsp3) is 0.294. The van der Waals surface area contributed by atoms with Gasteiger partial charge in [-0.15, -0.1) is 0 Å². The molecule has 0 unspecified atom stereocenters. The van der Waals surface area contributed by atoms with Gasteiger partial charge in [-0.3, -0.25) is 9.98 Å². The highest BCUT2D eigenvalue weighted by atomic mass is 14.8. The van der Waals surface area contributed by atoms with Crippen LogP contribution in [-0.4, -0.2) is 11.9 Å². The Hall–Kier alpha value is -1.96. The Labute approximate surface area is 114 Å². The van der Waals surface area contributed by atoms with Gasteiger partial charge in [0.05, 0.1) is 5.71 Å². The average Bonchev–Trinajstić information content (AvgIpc) is 3.02. The van der Waals surface area contributed by atoms with Gasteiger partial charge in [0.25, 0.3) is 0 Å². The molecule has 0 N–H and O–H groups in total. The average molecular weight is 250 g/mol. The maximum atomic E-state index is 4.49. The molecule has 2 heteroatoms. The van der Waals surface area contributed by atoms with Crippen molar-refractivity contribution in [3.8, 4) is 0 Å². The van der Waals surface area contributed by atoms with E-state index in [-0.39, 0.29) is 0 Å². The second kappa shape index (κ2) is 5.35. The molecule has 2 heterocycles. The Morgan fingerprint density at radius 3 is 2.63 bits per heavy atom. The van der Waals surface area contributed by atoms with E-state index >= 15 is 0 Å². The molecule has 0 spiro atoms. The lowest BCUT2D eigenvalue weighted by atomic mass is 9.98. The second-order valence-corrected chi connectivity index (χ2v) is 5.04. The SMILES string of the molecule is CCCCCc1ccc(C2=NC=C3C=NC=C32)cc1. The van der Waals surface area contributed by atoms with E-state index in [1.54, 1.807) is 0 Å². The van der Waals surface area contributed by atoms with Gasteiger partial charge in [0.1, 0.15) is 0 Å². The Morgan fingerprint density at radius 1 is 1.00 bits per heavy atom. The van der Waals surface area contributed by atoms with Crippen molar-refractivity contribution in [2.75, 3.05) is 0 Å². The number of aliphatic imine (C=N–C) groups is 2. The zero-order valence-electron chi connectivity index (χ0n) is 11.3. The van der Waals surface area contributed by atoms with E-state index in [1.807, 2.05) is 18.6 Å². The quantitative estimate of drug-likeness (QED) is 0.704. The molecule has 0 aliphatic carbocycles. The van der Waals surface area contributed by atoms with Gasteiger partial charge in [-0.1, -0.05) is 44.0 Å². The summed E-state index contributed by atoms with van der Waals surface area (Å²) in [5.74, 6) is 0. The van der Waals surface area contributed by atoms with Crippen LogP contribution in [0, 0.1) is 0 Å². The zero-order chi connectivity index (χ0) is 13.1. The van der Waals surface area contributed by atoms with Crippen LogP contribution in [0.2, 0.25) is 0 Å². The minimum atomic E-state index is 1.05. The highest BCUT2D eigenvalue weighted by Crippen LogP contribution is 2.26. The van der Waals surface area contributed by atoms with Crippen molar-refractivity contribution in [3.63, 3.8) is 0 Å². The molecule has 96 valence electrons. The van der Waals surface area contributed by atoms with Crippen molar-refractivity contribution in [1.82, 2.24) is 0 Å². The molecular weight excluding hydrogens is 232 g/mol. The minimum absolute atomic E-state index is 1.05. The Bertz CT molecular complexity index is 586. The molecule has 0 radical (unpaired) electrons. The van der Waals surface area contributed by atoms with Crippen LogP contribution in [0.4, 0.5) is 0 Å². The molecule has 0 saturated carbocycles. The first-order chi connectivity index (χ1) is 9.38. The molecular formula is C17H18N2. The molecule has 19 heavy (non-hydrogen) atoms. The lowest BCUT2D eigenvalue weighted by Crippen LogP contribution is -2.02. The molecule has 1 aromatic rings. The normalized spacial score (nSPS) is 16.2. The summed E-state index contributed by atoms with van der Waals surface area (Å²) in [5, 5.41) is 0. The number of fused-ring (bicyclic) bond motifs is 1. The predicted molar refractivity (Wildman–Crippen MR) is 80.9 cm³/mol. The highest BCUT2D eigenvalue weighted by molar-refractivity contribution is 6.22. The van der Waals surface area contributed by atoms with Crippen molar-refractivity contribution >= 4 is 11.9 Å². The molecule has 0 amide bonds. The lowest BCUT2D eigenvalue weighted by molar-refractivity contribution is 0.717. The molecule has 2 aliphatic heterocycles. The fourth-order valence-electron chi connectivity index (χ4n) is 2.48. The third-order valence-electron chi connectivity index (χ3n) is 3.61. The lowest BCUT2D eigenvalue weighted by Gasteiger charge is -2.05. The smallest absolute Gasteiger partial charge is 0.0797 e. The first-order valence-electron chi connectivity index (χ1n) is 7.00. The number of benzene rings is 1. The first-order valence-corrected chi connectivity index (χ1v) is 7.00. The molecule has 0 aromatic heterocycles. The Morgan fingerprint density at radius 2 is 1.84 bits per heavy atom. The van der Waals surface area contributed by atoms with Crippen LogP contribution in [0.3, 0.4) is 0 Å². The van der Waals surface area contributed by atoms with Crippen molar-refractivity contribution in [2.24, 2.45) is 9.98 Å². The number of nitrogens with zero attached hydrogens (tertiary/aromatic N) is 2. The van der Waals surface area contributed by atoms with Crippen molar-refractivity contribution in [2.45, 2.75) is 32.6 Å². The summed E-state index contributed by atoms with van der Waals surface area (Å²) in [4.78, 5) is 8.67. The zero-order valence-corrected chi connectivity index (χ0v) is 11.3. The third-order valence-corrected chi connectivity index (χ3v) is 3.61. The van der Waals surface area contributed by atoms with Gasteiger partial charge in [-0.25, -0.2) is 0 Å². The molecule has 0 atom stereocenters. The van der Waals surface area contributed by atoms with Crippen LogP contribution in [-0.2, 0) is 6.42 Å². The monoisotopic (exact) mass is 250 g/mol. The molecule has 0 saturated heterocycles. The first kappa shape index (κ1) is 12.1. The van der Waals surface area contributed by atoms with E-state index in [2.05, 4.69) is 41.2 Å².